The SMILES string of the molecule is CCSCCC(C)NCc1ccc(OC)c(OC)c1OC. The fourth-order valence-corrected chi connectivity index (χ4v) is 2.90. The van der Waals surface area contributed by atoms with Crippen molar-refractivity contribution in [2.75, 3.05) is 32.8 Å². The van der Waals surface area contributed by atoms with Gasteiger partial charge in [0.2, 0.25) is 5.75 Å². The molecule has 0 spiro atoms. The first-order valence-electron chi connectivity index (χ1n) is 7.26. The van der Waals surface area contributed by atoms with E-state index in [1.54, 1.807) is 21.3 Å². The van der Waals surface area contributed by atoms with Crippen LogP contribution in [0, 0.1) is 0 Å². The second-order valence-corrected chi connectivity index (χ2v) is 6.15. The lowest BCUT2D eigenvalue weighted by Crippen LogP contribution is -2.26. The van der Waals surface area contributed by atoms with Crippen molar-refractivity contribution in [1.29, 1.82) is 0 Å². The van der Waals surface area contributed by atoms with E-state index >= 15 is 0 Å². The second kappa shape index (κ2) is 9.79. The lowest BCUT2D eigenvalue weighted by Gasteiger charge is -2.18. The average molecular weight is 313 g/mol. The quantitative estimate of drug-likeness (QED) is 0.671. The molecule has 0 amide bonds. The van der Waals surface area contributed by atoms with Crippen LogP contribution >= 0.6 is 11.8 Å². The Bertz CT molecular complexity index is 426. The Morgan fingerprint density at radius 1 is 1.10 bits per heavy atom. The number of methoxy groups -OCH3 is 3. The number of ether oxygens (including phenoxy) is 3. The molecule has 0 aromatic heterocycles. The summed E-state index contributed by atoms with van der Waals surface area (Å²) in [7, 11) is 4.91. The molecule has 0 fully saturated rings. The maximum Gasteiger partial charge on any atom is 0.203 e. The van der Waals surface area contributed by atoms with Gasteiger partial charge in [0.1, 0.15) is 0 Å². The summed E-state index contributed by atoms with van der Waals surface area (Å²) in [6, 6.07) is 4.40. The van der Waals surface area contributed by atoms with Gasteiger partial charge < -0.3 is 19.5 Å². The van der Waals surface area contributed by atoms with Crippen molar-refractivity contribution in [2.45, 2.75) is 32.9 Å². The predicted molar refractivity (Wildman–Crippen MR) is 90.0 cm³/mol. The molecule has 21 heavy (non-hydrogen) atoms. The van der Waals surface area contributed by atoms with Gasteiger partial charge in [-0.05, 0) is 30.9 Å². The van der Waals surface area contributed by atoms with Gasteiger partial charge in [-0.3, -0.25) is 0 Å². The largest absolute Gasteiger partial charge is 0.493 e. The first-order valence-corrected chi connectivity index (χ1v) is 8.42. The minimum Gasteiger partial charge on any atom is -0.493 e. The van der Waals surface area contributed by atoms with Crippen molar-refractivity contribution in [3.63, 3.8) is 0 Å². The van der Waals surface area contributed by atoms with Crippen molar-refractivity contribution in [1.82, 2.24) is 5.32 Å². The van der Waals surface area contributed by atoms with Gasteiger partial charge in [-0.25, -0.2) is 0 Å². The Labute approximate surface area is 132 Å². The van der Waals surface area contributed by atoms with E-state index in [1.165, 1.54) is 11.5 Å². The van der Waals surface area contributed by atoms with Crippen LogP contribution in [0.3, 0.4) is 0 Å². The molecule has 1 rings (SSSR count). The summed E-state index contributed by atoms with van der Waals surface area (Å²) in [6.07, 6.45) is 1.16. The van der Waals surface area contributed by atoms with E-state index in [2.05, 4.69) is 19.2 Å². The maximum atomic E-state index is 5.49. The molecule has 0 aliphatic carbocycles. The first-order chi connectivity index (χ1) is 10.2. The summed E-state index contributed by atoms with van der Waals surface area (Å²) in [5.74, 6) is 4.43. The van der Waals surface area contributed by atoms with Crippen molar-refractivity contribution in [2.24, 2.45) is 0 Å². The average Bonchev–Trinajstić information content (AvgIpc) is 2.51. The molecule has 120 valence electrons. The van der Waals surface area contributed by atoms with Crippen LogP contribution in [-0.2, 0) is 6.54 Å². The first kappa shape index (κ1) is 18.0. The van der Waals surface area contributed by atoms with Crippen LogP contribution in [0.1, 0.15) is 25.8 Å². The molecule has 1 aromatic rings. The molecule has 0 aliphatic heterocycles. The van der Waals surface area contributed by atoms with E-state index in [9.17, 15) is 0 Å². The lowest BCUT2D eigenvalue weighted by atomic mass is 10.1. The van der Waals surface area contributed by atoms with Crippen LogP contribution < -0.4 is 19.5 Å². The Kier molecular flexibility index (Phi) is 8.38. The van der Waals surface area contributed by atoms with Gasteiger partial charge in [0.25, 0.3) is 0 Å². The van der Waals surface area contributed by atoms with E-state index in [0.717, 1.165) is 24.3 Å². The summed E-state index contributed by atoms with van der Waals surface area (Å²) < 4.78 is 16.2. The monoisotopic (exact) mass is 313 g/mol. The summed E-state index contributed by atoms with van der Waals surface area (Å²) in [6.45, 7) is 5.15. The number of thioether (sulfide) groups is 1. The third-order valence-corrected chi connectivity index (χ3v) is 4.26. The Morgan fingerprint density at radius 2 is 1.81 bits per heavy atom. The number of benzene rings is 1. The normalized spacial score (nSPS) is 12.0. The molecule has 5 heteroatoms. The molecule has 0 saturated carbocycles. The summed E-state index contributed by atoms with van der Waals surface area (Å²) in [5, 5.41) is 3.53. The van der Waals surface area contributed by atoms with Crippen LogP contribution in [0.25, 0.3) is 0 Å². The highest BCUT2D eigenvalue weighted by Crippen LogP contribution is 2.39. The van der Waals surface area contributed by atoms with Gasteiger partial charge in [-0.15, -0.1) is 0 Å². The van der Waals surface area contributed by atoms with Crippen LogP contribution in [0.4, 0.5) is 0 Å². The van der Waals surface area contributed by atoms with E-state index in [1.807, 2.05) is 23.9 Å². The molecule has 0 aliphatic rings. The summed E-state index contributed by atoms with van der Waals surface area (Å²) >= 11 is 1.98. The fourth-order valence-electron chi connectivity index (χ4n) is 2.09. The molecule has 0 radical (unpaired) electrons. The Balaban J connectivity index is 2.70. The third kappa shape index (κ3) is 5.32. The standard InChI is InChI=1S/C16H27NO3S/c1-6-21-10-9-12(2)17-11-13-7-8-14(18-3)16(20-5)15(13)19-4/h7-8,12,17H,6,9-11H2,1-5H3. The van der Waals surface area contributed by atoms with Crippen molar-refractivity contribution >= 4 is 11.8 Å². The summed E-state index contributed by atoms with van der Waals surface area (Å²) in [5.41, 5.74) is 1.07. The van der Waals surface area contributed by atoms with Gasteiger partial charge in [-0.1, -0.05) is 13.0 Å². The smallest absolute Gasteiger partial charge is 0.203 e. The lowest BCUT2D eigenvalue weighted by molar-refractivity contribution is 0.321. The molecule has 1 aromatic carbocycles. The van der Waals surface area contributed by atoms with Crippen LogP contribution in [0.5, 0.6) is 17.2 Å². The molecule has 0 heterocycles. The van der Waals surface area contributed by atoms with Crippen LogP contribution in [-0.4, -0.2) is 38.9 Å². The Hall–Kier alpha value is -1.07. The van der Waals surface area contributed by atoms with Crippen molar-refractivity contribution < 1.29 is 14.2 Å². The fraction of sp³-hybridized carbons (Fsp3) is 0.625. The highest BCUT2D eigenvalue weighted by molar-refractivity contribution is 7.99. The highest BCUT2D eigenvalue weighted by atomic mass is 32.2. The van der Waals surface area contributed by atoms with Crippen LogP contribution in [0.15, 0.2) is 12.1 Å². The third-order valence-electron chi connectivity index (χ3n) is 3.33. The molecule has 4 nitrogen and oxygen atoms in total. The second-order valence-electron chi connectivity index (χ2n) is 4.76. The number of hydrogen-bond donors (Lipinski definition) is 1. The maximum absolute atomic E-state index is 5.49. The number of hydrogen-bond acceptors (Lipinski definition) is 5. The van der Waals surface area contributed by atoms with Crippen LogP contribution in [0.2, 0.25) is 0 Å². The Morgan fingerprint density at radius 3 is 2.38 bits per heavy atom. The molecular formula is C16H27NO3S. The van der Waals surface area contributed by atoms with Crippen molar-refractivity contribution in [3.8, 4) is 17.2 Å². The number of nitrogens with one attached hydrogen (secondary N) is 1. The topological polar surface area (TPSA) is 39.7 Å². The minimum absolute atomic E-state index is 0.474. The predicted octanol–water partition coefficient (Wildman–Crippen LogP) is 3.33. The van der Waals surface area contributed by atoms with E-state index in [0.29, 0.717) is 17.5 Å². The highest BCUT2D eigenvalue weighted by Gasteiger charge is 2.15. The minimum atomic E-state index is 0.474. The van der Waals surface area contributed by atoms with E-state index in [4.69, 9.17) is 14.2 Å². The molecule has 1 unspecified atom stereocenters. The van der Waals surface area contributed by atoms with E-state index < -0.39 is 0 Å². The molecule has 1 N–H and O–H groups in total. The van der Waals surface area contributed by atoms with Gasteiger partial charge in [-0.2, -0.15) is 11.8 Å². The number of rotatable bonds is 10. The van der Waals surface area contributed by atoms with Crippen molar-refractivity contribution in [3.05, 3.63) is 17.7 Å². The summed E-state index contributed by atoms with van der Waals surface area (Å²) in [4.78, 5) is 0. The molecule has 1 atom stereocenters. The zero-order valence-electron chi connectivity index (χ0n) is 13.7. The zero-order valence-corrected chi connectivity index (χ0v) is 14.5. The molecular weight excluding hydrogens is 286 g/mol. The van der Waals surface area contributed by atoms with Gasteiger partial charge in [0.05, 0.1) is 21.3 Å². The van der Waals surface area contributed by atoms with Gasteiger partial charge in [0, 0.05) is 18.2 Å². The van der Waals surface area contributed by atoms with E-state index in [-0.39, 0.29) is 0 Å². The molecule has 0 saturated heterocycles. The zero-order chi connectivity index (χ0) is 15.7. The van der Waals surface area contributed by atoms with Gasteiger partial charge >= 0.3 is 0 Å². The molecule has 0 bridgehead atoms. The van der Waals surface area contributed by atoms with Gasteiger partial charge in [0.15, 0.2) is 11.5 Å².